The van der Waals surface area contributed by atoms with Crippen molar-refractivity contribution < 1.29 is 14.6 Å². The van der Waals surface area contributed by atoms with Crippen LogP contribution in [0, 0.1) is 0 Å². The van der Waals surface area contributed by atoms with E-state index in [0.29, 0.717) is 17.6 Å². The van der Waals surface area contributed by atoms with Crippen LogP contribution in [0.3, 0.4) is 0 Å². The molecule has 5 nitrogen and oxygen atoms in total. The summed E-state index contributed by atoms with van der Waals surface area (Å²) in [6.07, 6.45) is 1.64. The van der Waals surface area contributed by atoms with Crippen LogP contribution in [0.4, 0.5) is 0 Å². The lowest BCUT2D eigenvalue weighted by Gasteiger charge is -2.11. The number of nitrogens with zero attached hydrogens (tertiary/aromatic N) is 2. The molecule has 3 aromatic rings. The van der Waals surface area contributed by atoms with Crippen LogP contribution in [-0.2, 0) is 11.3 Å². The van der Waals surface area contributed by atoms with E-state index < -0.39 is 5.97 Å². The van der Waals surface area contributed by atoms with Crippen molar-refractivity contribution in [2.45, 2.75) is 6.61 Å². The number of hydrogen-bond acceptors (Lipinski definition) is 3. The Morgan fingerprint density at radius 3 is 2.81 bits per heavy atom. The molecule has 0 atom stereocenters. The van der Waals surface area contributed by atoms with Gasteiger partial charge in [0.15, 0.2) is 0 Å². The van der Waals surface area contributed by atoms with Gasteiger partial charge in [0.05, 0.1) is 28.9 Å². The van der Waals surface area contributed by atoms with Crippen LogP contribution in [0.15, 0.2) is 48.8 Å². The van der Waals surface area contributed by atoms with Gasteiger partial charge in [-0.25, -0.2) is 9.78 Å². The maximum atomic E-state index is 11.4. The molecule has 0 radical (unpaired) electrons. The summed E-state index contributed by atoms with van der Waals surface area (Å²) in [6, 6.07) is 12.8. The van der Waals surface area contributed by atoms with E-state index in [1.54, 1.807) is 36.2 Å². The number of para-hydroxylation sites is 2. The molecule has 0 saturated heterocycles. The number of fused-ring (bicyclic) bond motifs is 1. The van der Waals surface area contributed by atoms with E-state index in [4.69, 9.17) is 4.74 Å². The minimum atomic E-state index is -0.966. The van der Waals surface area contributed by atoms with Crippen LogP contribution in [0.1, 0.15) is 15.9 Å². The molecule has 0 saturated carbocycles. The number of hydrogen-bond donors (Lipinski definition) is 1. The van der Waals surface area contributed by atoms with Crippen LogP contribution < -0.4 is 0 Å². The standard InChI is InChI=1S/C16H14N2O3/c1-21-9-11-5-2-3-8-14(11)18-10-17-13-7-4-6-12(15(13)18)16(19)20/h2-8,10H,9H2,1H3,(H,19,20). The van der Waals surface area contributed by atoms with Gasteiger partial charge in [-0.05, 0) is 18.2 Å². The topological polar surface area (TPSA) is 64.4 Å². The maximum absolute atomic E-state index is 11.4. The van der Waals surface area contributed by atoms with E-state index in [2.05, 4.69) is 4.98 Å². The first-order valence-corrected chi connectivity index (χ1v) is 6.49. The van der Waals surface area contributed by atoms with Gasteiger partial charge >= 0.3 is 5.97 Å². The highest BCUT2D eigenvalue weighted by Crippen LogP contribution is 2.24. The van der Waals surface area contributed by atoms with Gasteiger partial charge in [-0.3, -0.25) is 4.57 Å². The van der Waals surface area contributed by atoms with Crippen LogP contribution in [0.25, 0.3) is 16.7 Å². The molecule has 1 heterocycles. The quantitative estimate of drug-likeness (QED) is 0.799. The zero-order chi connectivity index (χ0) is 14.8. The van der Waals surface area contributed by atoms with E-state index >= 15 is 0 Å². The number of methoxy groups -OCH3 is 1. The third kappa shape index (κ3) is 2.28. The number of rotatable bonds is 4. The Balaban J connectivity index is 2.29. The number of ether oxygens (including phenoxy) is 1. The molecule has 2 aromatic carbocycles. The second-order valence-electron chi connectivity index (χ2n) is 4.65. The normalized spacial score (nSPS) is 10.9. The molecule has 0 aliphatic rings. The van der Waals surface area contributed by atoms with E-state index in [9.17, 15) is 9.90 Å². The predicted octanol–water partition coefficient (Wildman–Crippen LogP) is 2.87. The summed E-state index contributed by atoms with van der Waals surface area (Å²) in [5, 5.41) is 9.38. The molecule has 1 N–H and O–H groups in total. The third-order valence-corrected chi connectivity index (χ3v) is 3.35. The van der Waals surface area contributed by atoms with Gasteiger partial charge in [-0.1, -0.05) is 24.3 Å². The average molecular weight is 282 g/mol. The molecule has 21 heavy (non-hydrogen) atoms. The average Bonchev–Trinajstić information content (AvgIpc) is 2.92. The Kier molecular flexibility index (Phi) is 3.41. The minimum Gasteiger partial charge on any atom is -0.478 e. The van der Waals surface area contributed by atoms with Crippen LogP contribution >= 0.6 is 0 Å². The monoisotopic (exact) mass is 282 g/mol. The lowest BCUT2D eigenvalue weighted by molar-refractivity contribution is 0.0698. The van der Waals surface area contributed by atoms with E-state index in [1.807, 2.05) is 24.3 Å². The number of carboxylic acids is 1. The van der Waals surface area contributed by atoms with Crippen molar-refractivity contribution in [3.63, 3.8) is 0 Å². The van der Waals surface area contributed by atoms with Crippen LogP contribution in [0.5, 0.6) is 0 Å². The zero-order valence-corrected chi connectivity index (χ0v) is 11.5. The second-order valence-corrected chi connectivity index (χ2v) is 4.65. The highest BCUT2D eigenvalue weighted by atomic mass is 16.5. The summed E-state index contributed by atoms with van der Waals surface area (Å²) < 4.78 is 7.01. The van der Waals surface area contributed by atoms with Crippen molar-refractivity contribution in [2.24, 2.45) is 0 Å². The SMILES string of the molecule is COCc1ccccc1-n1cnc2cccc(C(=O)O)c21. The molecule has 0 unspecified atom stereocenters. The number of aromatic carboxylic acids is 1. The van der Waals surface area contributed by atoms with E-state index in [1.165, 1.54) is 0 Å². The minimum absolute atomic E-state index is 0.234. The van der Waals surface area contributed by atoms with Gasteiger partial charge in [0, 0.05) is 12.7 Å². The molecular formula is C16H14N2O3. The molecule has 0 fully saturated rings. The lowest BCUT2D eigenvalue weighted by atomic mass is 10.1. The smallest absolute Gasteiger partial charge is 0.337 e. The predicted molar refractivity (Wildman–Crippen MR) is 78.7 cm³/mol. The fraction of sp³-hybridized carbons (Fsp3) is 0.125. The molecule has 0 spiro atoms. The number of aromatic nitrogens is 2. The Morgan fingerprint density at radius 1 is 1.24 bits per heavy atom. The third-order valence-electron chi connectivity index (χ3n) is 3.35. The fourth-order valence-corrected chi connectivity index (χ4v) is 2.44. The van der Waals surface area contributed by atoms with E-state index in [0.717, 1.165) is 11.3 Å². The Hall–Kier alpha value is -2.66. The molecular weight excluding hydrogens is 268 g/mol. The summed E-state index contributed by atoms with van der Waals surface area (Å²) >= 11 is 0. The molecule has 0 aliphatic heterocycles. The largest absolute Gasteiger partial charge is 0.478 e. The van der Waals surface area contributed by atoms with Crippen LogP contribution in [0.2, 0.25) is 0 Å². The van der Waals surface area contributed by atoms with Crippen molar-refractivity contribution in [1.29, 1.82) is 0 Å². The van der Waals surface area contributed by atoms with Crippen LogP contribution in [-0.4, -0.2) is 27.7 Å². The van der Waals surface area contributed by atoms with Crippen molar-refractivity contribution in [3.8, 4) is 5.69 Å². The zero-order valence-electron chi connectivity index (χ0n) is 11.5. The summed E-state index contributed by atoms with van der Waals surface area (Å²) in [7, 11) is 1.63. The number of carbonyl (C=O) groups is 1. The molecule has 0 amide bonds. The highest BCUT2D eigenvalue weighted by Gasteiger charge is 2.15. The van der Waals surface area contributed by atoms with Gasteiger partial charge in [0.25, 0.3) is 0 Å². The van der Waals surface area contributed by atoms with Gasteiger partial charge in [-0.2, -0.15) is 0 Å². The number of imidazole rings is 1. The summed E-state index contributed by atoms with van der Waals surface area (Å²) in [5.74, 6) is -0.966. The van der Waals surface area contributed by atoms with Gasteiger partial charge in [-0.15, -0.1) is 0 Å². The van der Waals surface area contributed by atoms with Crippen molar-refractivity contribution in [3.05, 3.63) is 59.9 Å². The van der Waals surface area contributed by atoms with Gasteiger partial charge in [0.2, 0.25) is 0 Å². The fourth-order valence-electron chi connectivity index (χ4n) is 2.44. The Bertz CT molecular complexity index is 808. The Morgan fingerprint density at radius 2 is 2.05 bits per heavy atom. The first kappa shape index (κ1) is 13.3. The highest BCUT2D eigenvalue weighted by molar-refractivity contribution is 6.01. The van der Waals surface area contributed by atoms with Crippen molar-refractivity contribution in [1.82, 2.24) is 9.55 Å². The van der Waals surface area contributed by atoms with Gasteiger partial charge in [0.1, 0.15) is 6.33 Å². The summed E-state index contributed by atoms with van der Waals surface area (Å²) in [6.45, 7) is 0.449. The molecule has 3 rings (SSSR count). The van der Waals surface area contributed by atoms with Gasteiger partial charge < -0.3 is 9.84 Å². The first-order chi connectivity index (χ1) is 10.2. The molecule has 0 aliphatic carbocycles. The molecule has 0 bridgehead atoms. The summed E-state index contributed by atoms with van der Waals surface area (Å²) in [4.78, 5) is 15.7. The molecule has 106 valence electrons. The molecule has 5 heteroatoms. The lowest BCUT2D eigenvalue weighted by Crippen LogP contribution is -2.04. The second kappa shape index (κ2) is 5.38. The molecule has 1 aromatic heterocycles. The first-order valence-electron chi connectivity index (χ1n) is 6.49. The maximum Gasteiger partial charge on any atom is 0.337 e. The van der Waals surface area contributed by atoms with E-state index in [-0.39, 0.29) is 5.56 Å². The number of carboxylic acid groups (broad SMARTS) is 1. The number of benzene rings is 2. The Labute approximate surface area is 121 Å². The van der Waals surface area contributed by atoms with Crippen molar-refractivity contribution >= 4 is 17.0 Å². The summed E-state index contributed by atoms with van der Waals surface area (Å²) in [5.41, 5.74) is 3.32. The van der Waals surface area contributed by atoms with Crippen molar-refractivity contribution in [2.75, 3.05) is 7.11 Å².